The summed E-state index contributed by atoms with van der Waals surface area (Å²) in [6.45, 7) is 5.13. The van der Waals surface area contributed by atoms with Crippen molar-refractivity contribution in [3.8, 4) is 0 Å². The highest BCUT2D eigenvalue weighted by Crippen LogP contribution is 2.23. The van der Waals surface area contributed by atoms with Crippen molar-refractivity contribution in [2.45, 2.75) is 51.7 Å². The van der Waals surface area contributed by atoms with Crippen LogP contribution >= 0.6 is 0 Å². The lowest BCUT2D eigenvalue weighted by atomic mass is 9.86. The molecular weight excluding hydrogens is 216 g/mol. The number of likely N-dealkylation sites (N-methyl/N-ethyl adjacent to an activating group) is 1. The summed E-state index contributed by atoms with van der Waals surface area (Å²) < 4.78 is 0. The summed E-state index contributed by atoms with van der Waals surface area (Å²) in [5.41, 5.74) is 0. The largest absolute Gasteiger partial charge is 0.393 e. The van der Waals surface area contributed by atoms with Gasteiger partial charge in [0.1, 0.15) is 0 Å². The van der Waals surface area contributed by atoms with Crippen LogP contribution in [0.5, 0.6) is 0 Å². The third kappa shape index (κ3) is 4.64. The summed E-state index contributed by atoms with van der Waals surface area (Å²) in [4.78, 5) is 13.4. The SMILES string of the molecule is CC(C)N(C)C(=O)CNCC1CCCCC1O. The predicted octanol–water partition coefficient (Wildman–Crippen LogP) is 0.994. The molecule has 1 aliphatic carbocycles. The van der Waals surface area contributed by atoms with E-state index in [0.29, 0.717) is 12.5 Å². The van der Waals surface area contributed by atoms with Crippen molar-refractivity contribution in [3.05, 3.63) is 0 Å². The van der Waals surface area contributed by atoms with E-state index in [2.05, 4.69) is 5.32 Å². The molecule has 4 nitrogen and oxygen atoms in total. The molecule has 4 heteroatoms. The molecule has 0 aromatic heterocycles. The fourth-order valence-corrected chi connectivity index (χ4v) is 2.20. The van der Waals surface area contributed by atoms with E-state index in [4.69, 9.17) is 0 Å². The van der Waals surface area contributed by atoms with Gasteiger partial charge in [-0.15, -0.1) is 0 Å². The monoisotopic (exact) mass is 242 g/mol. The summed E-state index contributed by atoms with van der Waals surface area (Å²) in [7, 11) is 1.82. The predicted molar refractivity (Wildman–Crippen MR) is 68.7 cm³/mol. The van der Waals surface area contributed by atoms with Crippen LogP contribution in [-0.2, 0) is 4.79 Å². The zero-order valence-corrected chi connectivity index (χ0v) is 11.3. The molecule has 0 aliphatic heterocycles. The Kier molecular flexibility index (Phi) is 5.92. The highest BCUT2D eigenvalue weighted by atomic mass is 16.3. The molecular formula is C13H26N2O2. The van der Waals surface area contributed by atoms with Crippen LogP contribution in [0.15, 0.2) is 0 Å². The van der Waals surface area contributed by atoms with Crippen LogP contribution in [0.25, 0.3) is 0 Å². The third-order valence-electron chi connectivity index (χ3n) is 3.72. The van der Waals surface area contributed by atoms with E-state index < -0.39 is 0 Å². The summed E-state index contributed by atoms with van der Waals surface area (Å²) >= 11 is 0. The van der Waals surface area contributed by atoms with Gasteiger partial charge in [0.15, 0.2) is 0 Å². The lowest BCUT2D eigenvalue weighted by molar-refractivity contribution is -0.130. The van der Waals surface area contributed by atoms with Crippen LogP contribution in [0.3, 0.4) is 0 Å². The normalized spacial score (nSPS) is 25.0. The van der Waals surface area contributed by atoms with Crippen molar-refractivity contribution in [1.29, 1.82) is 0 Å². The Morgan fingerprint density at radius 1 is 1.41 bits per heavy atom. The van der Waals surface area contributed by atoms with Crippen molar-refractivity contribution in [2.24, 2.45) is 5.92 Å². The summed E-state index contributed by atoms with van der Waals surface area (Å²) in [6, 6.07) is 0.240. The molecule has 100 valence electrons. The first-order valence-corrected chi connectivity index (χ1v) is 6.66. The molecule has 1 aliphatic rings. The Morgan fingerprint density at radius 2 is 2.06 bits per heavy atom. The Morgan fingerprint density at radius 3 is 2.65 bits per heavy atom. The summed E-state index contributed by atoms with van der Waals surface area (Å²) in [5, 5.41) is 13.0. The maximum Gasteiger partial charge on any atom is 0.236 e. The van der Waals surface area contributed by atoms with Gasteiger partial charge in [-0.2, -0.15) is 0 Å². The second-order valence-electron chi connectivity index (χ2n) is 5.34. The molecule has 1 saturated carbocycles. The van der Waals surface area contributed by atoms with Crippen LogP contribution in [-0.4, -0.2) is 48.2 Å². The van der Waals surface area contributed by atoms with Crippen LogP contribution in [0.2, 0.25) is 0 Å². The zero-order valence-electron chi connectivity index (χ0n) is 11.3. The van der Waals surface area contributed by atoms with Gasteiger partial charge in [0.05, 0.1) is 12.6 Å². The van der Waals surface area contributed by atoms with Gasteiger partial charge in [0.2, 0.25) is 5.91 Å². The van der Waals surface area contributed by atoms with E-state index in [1.165, 1.54) is 6.42 Å². The number of hydrogen-bond donors (Lipinski definition) is 2. The van der Waals surface area contributed by atoms with Crippen molar-refractivity contribution >= 4 is 5.91 Å². The first kappa shape index (κ1) is 14.5. The van der Waals surface area contributed by atoms with Gasteiger partial charge in [-0.3, -0.25) is 4.79 Å². The van der Waals surface area contributed by atoms with Gasteiger partial charge in [-0.1, -0.05) is 12.8 Å². The molecule has 0 radical (unpaired) electrons. The van der Waals surface area contributed by atoms with Gasteiger partial charge < -0.3 is 15.3 Å². The molecule has 2 unspecified atom stereocenters. The highest BCUT2D eigenvalue weighted by Gasteiger charge is 2.22. The maximum atomic E-state index is 11.7. The number of aliphatic hydroxyl groups is 1. The fraction of sp³-hybridized carbons (Fsp3) is 0.923. The molecule has 1 rings (SSSR count). The van der Waals surface area contributed by atoms with E-state index >= 15 is 0 Å². The molecule has 0 saturated heterocycles. The minimum atomic E-state index is -0.186. The Balaban J connectivity index is 2.20. The molecule has 17 heavy (non-hydrogen) atoms. The third-order valence-corrected chi connectivity index (χ3v) is 3.72. The number of amides is 1. The molecule has 0 spiro atoms. The number of aliphatic hydroxyl groups excluding tert-OH is 1. The Bertz CT molecular complexity index is 244. The van der Waals surface area contributed by atoms with E-state index in [0.717, 1.165) is 25.8 Å². The lowest BCUT2D eigenvalue weighted by Gasteiger charge is -2.28. The lowest BCUT2D eigenvalue weighted by Crippen LogP contribution is -2.42. The number of rotatable bonds is 5. The molecule has 1 amide bonds. The van der Waals surface area contributed by atoms with Crippen LogP contribution in [0.4, 0.5) is 0 Å². The maximum absolute atomic E-state index is 11.7. The summed E-state index contributed by atoms with van der Waals surface area (Å²) in [6.07, 6.45) is 4.12. The number of nitrogens with one attached hydrogen (secondary N) is 1. The highest BCUT2D eigenvalue weighted by molar-refractivity contribution is 5.78. The van der Waals surface area contributed by atoms with Crippen molar-refractivity contribution in [2.75, 3.05) is 20.1 Å². The quantitative estimate of drug-likeness (QED) is 0.756. The second-order valence-corrected chi connectivity index (χ2v) is 5.34. The van der Waals surface area contributed by atoms with Gasteiger partial charge in [-0.25, -0.2) is 0 Å². The molecule has 2 atom stereocenters. The van der Waals surface area contributed by atoms with Gasteiger partial charge in [0.25, 0.3) is 0 Å². The average Bonchev–Trinajstić information content (AvgIpc) is 2.30. The van der Waals surface area contributed by atoms with E-state index in [-0.39, 0.29) is 18.1 Å². The first-order chi connectivity index (χ1) is 8.02. The van der Waals surface area contributed by atoms with Crippen molar-refractivity contribution < 1.29 is 9.90 Å². The minimum Gasteiger partial charge on any atom is -0.393 e. The van der Waals surface area contributed by atoms with Gasteiger partial charge in [0, 0.05) is 19.6 Å². The Labute approximate surface area is 104 Å². The van der Waals surface area contributed by atoms with Crippen LogP contribution in [0.1, 0.15) is 39.5 Å². The summed E-state index contributed by atoms with van der Waals surface area (Å²) in [5.74, 6) is 0.436. The molecule has 0 heterocycles. The van der Waals surface area contributed by atoms with Crippen molar-refractivity contribution in [3.63, 3.8) is 0 Å². The molecule has 0 bridgehead atoms. The van der Waals surface area contributed by atoms with Crippen LogP contribution in [0, 0.1) is 5.92 Å². The van der Waals surface area contributed by atoms with E-state index in [9.17, 15) is 9.90 Å². The first-order valence-electron chi connectivity index (χ1n) is 6.66. The zero-order chi connectivity index (χ0) is 12.8. The van der Waals surface area contributed by atoms with E-state index in [1.807, 2.05) is 20.9 Å². The van der Waals surface area contributed by atoms with E-state index in [1.54, 1.807) is 4.90 Å². The fourth-order valence-electron chi connectivity index (χ4n) is 2.20. The molecule has 2 N–H and O–H groups in total. The van der Waals surface area contributed by atoms with Gasteiger partial charge >= 0.3 is 0 Å². The average molecular weight is 242 g/mol. The number of nitrogens with zero attached hydrogens (tertiary/aromatic N) is 1. The smallest absolute Gasteiger partial charge is 0.236 e. The number of hydrogen-bond acceptors (Lipinski definition) is 3. The second kappa shape index (κ2) is 6.97. The molecule has 0 aromatic carbocycles. The number of carbonyl (C=O) groups is 1. The Hall–Kier alpha value is -0.610. The minimum absolute atomic E-state index is 0.116. The molecule has 0 aromatic rings. The number of carbonyl (C=O) groups excluding carboxylic acids is 1. The van der Waals surface area contributed by atoms with Crippen molar-refractivity contribution in [1.82, 2.24) is 10.2 Å². The van der Waals surface area contributed by atoms with Gasteiger partial charge in [-0.05, 0) is 32.6 Å². The van der Waals surface area contributed by atoms with Crippen LogP contribution < -0.4 is 5.32 Å². The molecule has 1 fully saturated rings. The topological polar surface area (TPSA) is 52.6 Å². The standard InChI is InChI=1S/C13H26N2O2/c1-10(2)15(3)13(17)9-14-8-11-6-4-5-7-12(11)16/h10-12,14,16H,4-9H2,1-3H3.